The van der Waals surface area contributed by atoms with E-state index >= 15 is 0 Å². The van der Waals surface area contributed by atoms with E-state index in [4.69, 9.17) is 4.74 Å². The van der Waals surface area contributed by atoms with E-state index in [1.807, 2.05) is 6.92 Å². The van der Waals surface area contributed by atoms with Crippen molar-refractivity contribution in [1.29, 1.82) is 0 Å². The van der Waals surface area contributed by atoms with Crippen molar-refractivity contribution in [2.75, 3.05) is 19.7 Å². The van der Waals surface area contributed by atoms with Gasteiger partial charge < -0.3 is 9.64 Å². The van der Waals surface area contributed by atoms with Crippen molar-refractivity contribution in [3.63, 3.8) is 0 Å². The predicted octanol–water partition coefficient (Wildman–Crippen LogP) is 4.00. The van der Waals surface area contributed by atoms with Crippen molar-refractivity contribution >= 4 is 5.91 Å². The Morgan fingerprint density at radius 1 is 1.22 bits per heavy atom. The van der Waals surface area contributed by atoms with Crippen molar-refractivity contribution in [2.45, 2.75) is 32.0 Å². The maximum atomic E-state index is 13.2. The van der Waals surface area contributed by atoms with Crippen LogP contribution in [0.15, 0.2) is 42.5 Å². The molecule has 1 aromatic heterocycles. The van der Waals surface area contributed by atoms with Crippen molar-refractivity contribution in [3.8, 4) is 0 Å². The molecule has 2 heterocycles. The zero-order valence-corrected chi connectivity index (χ0v) is 15.0. The van der Waals surface area contributed by atoms with Crippen molar-refractivity contribution < 1.29 is 22.7 Å². The number of benzene rings is 1. The molecule has 0 saturated carbocycles. The third-order valence-corrected chi connectivity index (χ3v) is 4.57. The molecule has 1 atom stereocenters. The number of aromatic nitrogens is 1. The second-order valence-electron chi connectivity index (χ2n) is 6.44. The van der Waals surface area contributed by atoms with Crippen LogP contribution in [0.2, 0.25) is 0 Å². The van der Waals surface area contributed by atoms with Crippen molar-refractivity contribution in [2.24, 2.45) is 0 Å². The SMILES string of the molecule is CCC(=O)N1CCOC(c2cccc(Cc3ccccc3C(F)(F)F)n2)C1. The second kappa shape index (κ2) is 8.08. The lowest BCUT2D eigenvalue weighted by Crippen LogP contribution is -2.42. The van der Waals surface area contributed by atoms with Crippen LogP contribution in [-0.4, -0.2) is 35.5 Å². The number of rotatable bonds is 4. The zero-order valence-electron chi connectivity index (χ0n) is 15.0. The number of carbonyl (C=O) groups excluding carboxylic acids is 1. The summed E-state index contributed by atoms with van der Waals surface area (Å²) < 4.78 is 45.3. The average molecular weight is 378 g/mol. The van der Waals surface area contributed by atoms with Crippen LogP contribution in [0.5, 0.6) is 0 Å². The van der Waals surface area contributed by atoms with E-state index in [2.05, 4.69) is 4.98 Å². The molecule has 1 aliphatic rings. The second-order valence-corrected chi connectivity index (χ2v) is 6.44. The van der Waals surface area contributed by atoms with Crippen LogP contribution in [-0.2, 0) is 22.1 Å². The van der Waals surface area contributed by atoms with Gasteiger partial charge in [0.2, 0.25) is 5.91 Å². The average Bonchev–Trinajstić information content (AvgIpc) is 2.67. The zero-order chi connectivity index (χ0) is 19.4. The molecule has 7 heteroatoms. The number of nitrogens with zero attached hydrogens (tertiary/aromatic N) is 2. The van der Waals surface area contributed by atoms with Crippen LogP contribution < -0.4 is 0 Å². The Morgan fingerprint density at radius 2 is 2.00 bits per heavy atom. The smallest absolute Gasteiger partial charge is 0.368 e. The van der Waals surface area contributed by atoms with Gasteiger partial charge in [-0.1, -0.05) is 31.2 Å². The molecule has 1 unspecified atom stereocenters. The molecular weight excluding hydrogens is 357 g/mol. The number of alkyl halides is 3. The summed E-state index contributed by atoms with van der Waals surface area (Å²) in [7, 11) is 0. The van der Waals surface area contributed by atoms with E-state index in [0.717, 1.165) is 6.07 Å². The van der Waals surface area contributed by atoms with Crippen LogP contribution in [0.3, 0.4) is 0 Å². The molecule has 0 N–H and O–H groups in total. The Hall–Kier alpha value is -2.41. The third-order valence-electron chi connectivity index (χ3n) is 4.57. The van der Waals surface area contributed by atoms with Crippen LogP contribution in [0.4, 0.5) is 13.2 Å². The summed E-state index contributed by atoms with van der Waals surface area (Å²) in [4.78, 5) is 18.2. The maximum Gasteiger partial charge on any atom is 0.416 e. The largest absolute Gasteiger partial charge is 0.416 e. The molecule has 4 nitrogen and oxygen atoms in total. The molecule has 1 aromatic carbocycles. The van der Waals surface area contributed by atoms with E-state index in [1.165, 1.54) is 12.1 Å². The molecule has 144 valence electrons. The number of hydrogen-bond donors (Lipinski definition) is 0. The minimum atomic E-state index is -4.40. The highest BCUT2D eigenvalue weighted by Crippen LogP contribution is 2.32. The molecule has 0 spiro atoms. The molecule has 2 aromatic rings. The van der Waals surface area contributed by atoms with Gasteiger partial charge in [0.05, 0.1) is 24.4 Å². The molecule has 1 amide bonds. The van der Waals surface area contributed by atoms with Crippen molar-refractivity contribution in [1.82, 2.24) is 9.88 Å². The molecule has 27 heavy (non-hydrogen) atoms. The maximum absolute atomic E-state index is 13.2. The summed E-state index contributed by atoms with van der Waals surface area (Å²) in [6, 6.07) is 10.8. The van der Waals surface area contributed by atoms with Gasteiger partial charge in [0.1, 0.15) is 6.10 Å². The first-order valence-electron chi connectivity index (χ1n) is 8.88. The molecule has 3 rings (SSSR count). The molecule has 1 fully saturated rings. The lowest BCUT2D eigenvalue weighted by molar-refractivity contribution is -0.139. The molecule has 0 radical (unpaired) electrons. The van der Waals surface area contributed by atoms with Gasteiger partial charge in [0.25, 0.3) is 0 Å². The van der Waals surface area contributed by atoms with Gasteiger partial charge in [0.15, 0.2) is 0 Å². The fourth-order valence-electron chi connectivity index (χ4n) is 3.20. The number of morpholine rings is 1. The Balaban J connectivity index is 1.80. The van der Waals surface area contributed by atoms with Crippen LogP contribution in [0.1, 0.15) is 42.0 Å². The quantitative estimate of drug-likeness (QED) is 0.808. The van der Waals surface area contributed by atoms with E-state index in [1.54, 1.807) is 29.2 Å². The van der Waals surface area contributed by atoms with Gasteiger partial charge in [0, 0.05) is 25.1 Å². The van der Waals surface area contributed by atoms with Gasteiger partial charge in [-0.25, -0.2) is 0 Å². The number of pyridine rings is 1. The first kappa shape index (κ1) is 19.4. The van der Waals surface area contributed by atoms with Crippen LogP contribution in [0.25, 0.3) is 0 Å². The number of carbonyl (C=O) groups is 1. The van der Waals surface area contributed by atoms with Crippen LogP contribution >= 0.6 is 0 Å². The first-order chi connectivity index (χ1) is 12.9. The number of halogens is 3. The van der Waals surface area contributed by atoms with Crippen molar-refractivity contribution in [3.05, 3.63) is 65.0 Å². The Bertz CT molecular complexity index is 808. The molecular formula is C20H21F3N2O2. The predicted molar refractivity (Wildman–Crippen MR) is 94.1 cm³/mol. The summed E-state index contributed by atoms with van der Waals surface area (Å²) in [6.45, 7) is 3.17. The van der Waals surface area contributed by atoms with E-state index in [9.17, 15) is 18.0 Å². The standard InChI is InChI=1S/C20H21F3N2O2/c1-2-19(26)25-10-11-27-18(13-25)17-9-5-7-15(24-17)12-14-6-3-4-8-16(14)20(21,22)23/h3-9,18H,2,10-13H2,1H3. The fourth-order valence-corrected chi connectivity index (χ4v) is 3.20. The highest BCUT2D eigenvalue weighted by atomic mass is 19.4. The highest BCUT2D eigenvalue weighted by Gasteiger charge is 2.33. The fraction of sp³-hybridized carbons (Fsp3) is 0.400. The molecule has 1 aliphatic heterocycles. The van der Waals surface area contributed by atoms with Crippen LogP contribution in [0, 0.1) is 0 Å². The molecule has 0 aliphatic carbocycles. The monoisotopic (exact) mass is 378 g/mol. The van der Waals surface area contributed by atoms with E-state index < -0.39 is 11.7 Å². The summed E-state index contributed by atoms with van der Waals surface area (Å²) in [5, 5.41) is 0. The minimum absolute atomic E-state index is 0.0542. The Labute approximate surface area is 156 Å². The topological polar surface area (TPSA) is 42.4 Å². The third kappa shape index (κ3) is 4.66. The Kier molecular flexibility index (Phi) is 5.79. The minimum Gasteiger partial charge on any atom is -0.368 e. The first-order valence-corrected chi connectivity index (χ1v) is 8.88. The molecule has 0 bridgehead atoms. The van der Waals surface area contributed by atoms with Gasteiger partial charge >= 0.3 is 6.18 Å². The number of amides is 1. The highest BCUT2D eigenvalue weighted by molar-refractivity contribution is 5.75. The number of hydrogen-bond acceptors (Lipinski definition) is 3. The van der Waals surface area contributed by atoms with E-state index in [0.29, 0.717) is 37.5 Å². The normalized spacial score (nSPS) is 17.8. The van der Waals surface area contributed by atoms with E-state index in [-0.39, 0.29) is 24.0 Å². The van der Waals surface area contributed by atoms with Gasteiger partial charge in [-0.15, -0.1) is 0 Å². The van der Waals surface area contributed by atoms with Gasteiger partial charge in [-0.05, 0) is 23.8 Å². The van der Waals surface area contributed by atoms with Gasteiger partial charge in [-0.3, -0.25) is 9.78 Å². The summed E-state index contributed by atoms with van der Waals surface area (Å²) >= 11 is 0. The number of ether oxygens (including phenoxy) is 1. The summed E-state index contributed by atoms with van der Waals surface area (Å²) in [5.74, 6) is 0.0542. The summed E-state index contributed by atoms with van der Waals surface area (Å²) in [6.07, 6.45) is -4.27. The lowest BCUT2D eigenvalue weighted by Gasteiger charge is -2.32. The Morgan fingerprint density at radius 3 is 2.74 bits per heavy atom. The lowest BCUT2D eigenvalue weighted by atomic mass is 10.0. The molecule has 1 saturated heterocycles. The van der Waals surface area contributed by atoms with Gasteiger partial charge in [-0.2, -0.15) is 13.2 Å². The summed E-state index contributed by atoms with van der Waals surface area (Å²) in [5.41, 5.74) is 0.699.